The van der Waals surface area contributed by atoms with Gasteiger partial charge in [0.15, 0.2) is 0 Å². The molecule has 0 aliphatic heterocycles. The average molecular weight is 311 g/mol. The van der Waals surface area contributed by atoms with Crippen LogP contribution in [0.1, 0.15) is 28.9 Å². The number of carboxylic acid groups (broad SMARTS) is 1. The van der Waals surface area contributed by atoms with Crippen molar-refractivity contribution in [2.45, 2.75) is 17.9 Å². The molecule has 0 saturated heterocycles. The first kappa shape index (κ1) is 14.7. The number of rotatable bonds is 5. The monoisotopic (exact) mass is 311 g/mol. The first-order valence-corrected chi connectivity index (χ1v) is 8.20. The number of thiophene rings is 1. The van der Waals surface area contributed by atoms with Crippen molar-refractivity contribution >= 4 is 27.3 Å². The molecule has 7 heteroatoms. The van der Waals surface area contributed by atoms with Crippen LogP contribution in [0.5, 0.6) is 0 Å². The number of nitrogens with one attached hydrogen (secondary N) is 1. The fraction of sp³-hybridized carbons (Fsp3) is 0.154. The molecular formula is C13H13NO4S2. The molecular weight excluding hydrogens is 298 g/mol. The lowest BCUT2D eigenvalue weighted by molar-refractivity contribution is 0.0696. The molecule has 0 radical (unpaired) electrons. The van der Waals surface area contributed by atoms with E-state index in [2.05, 4.69) is 4.72 Å². The molecule has 1 aromatic carbocycles. The number of aromatic carboxylic acids is 1. The predicted molar refractivity (Wildman–Crippen MR) is 76.5 cm³/mol. The van der Waals surface area contributed by atoms with Crippen LogP contribution in [0.25, 0.3) is 0 Å². The smallest absolute Gasteiger partial charge is 0.335 e. The highest BCUT2D eigenvalue weighted by atomic mass is 32.2. The molecule has 0 aliphatic rings. The fourth-order valence-corrected chi connectivity index (χ4v) is 3.65. The molecule has 0 fully saturated rings. The highest BCUT2D eigenvalue weighted by molar-refractivity contribution is 7.89. The number of hydrogen-bond donors (Lipinski definition) is 2. The molecule has 1 atom stereocenters. The minimum Gasteiger partial charge on any atom is -0.478 e. The van der Waals surface area contributed by atoms with Gasteiger partial charge in [-0.1, -0.05) is 0 Å². The summed E-state index contributed by atoms with van der Waals surface area (Å²) in [6.45, 7) is 1.76. The van der Waals surface area contributed by atoms with Crippen LogP contribution in [-0.2, 0) is 10.0 Å². The van der Waals surface area contributed by atoms with Crippen LogP contribution < -0.4 is 4.72 Å². The van der Waals surface area contributed by atoms with Crippen molar-refractivity contribution in [3.63, 3.8) is 0 Å². The summed E-state index contributed by atoms with van der Waals surface area (Å²) in [5.41, 5.74) is 0.940. The second-order valence-electron chi connectivity index (χ2n) is 4.23. The van der Waals surface area contributed by atoms with Gasteiger partial charge >= 0.3 is 5.97 Å². The Balaban J connectivity index is 2.20. The molecule has 2 N–H and O–H groups in total. The van der Waals surface area contributed by atoms with Crippen LogP contribution >= 0.6 is 11.3 Å². The third kappa shape index (κ3) is 3.24. The molecule has 1 aromatic heterocycles. The Bertz CT molecular complexity index is 690. The molecule has 2 aromatic rings. The summed E-state index contributed by atoms with van der Waals surface area (Å²) >= 11 is 1.49. The summed E-state index contributed by atoms with van der Waals surface area (Å²) in [6.07, 6.45) is 0. The van der Waals surface area contributed by atoms with Gasteiger partial charge in [-0.05, 0) is 53.6 Å². The lowest BCUT2D eigenvalue weighted by Crippen LogP contribution is -2.26. The quantitative estimate of drug-likeness (QED) is 0.888. The van der Waals surface area contributed by atoms with E-state index in [1.165, 1.54) is 35.6 Å². The summed E-state index contributed by atoms with van der Waals surface area (Å²) in [4.78, 5) is 10.8. The molecule has 106 valence electrons. The maximum absolute atomic E-state index is 12.2. The summed E-state index contributed by atoms with van der Waals surface area (Å²) in [6, 6.07) is 6.62. The van der Waals surface area contributed by atoms with Crippen molar-refractivity contribution in [2.24, 2.45) is 0 Å². The first-order chi connectivity index (χ1) is 9.40. The van der Waals surface area contributed by atoms with Gasteiger partial charge < -0.3 is 5.11 Å². The second-order valence-corrected chi connectivity index (χ2v) is 6.72. The Hall–Kier alpha value is -1.70. The standard InChI is InChI=1S/C13H13NO4S2/c1-9(11-6-7-19-8-11)14-20(17,18)12-4-2-10(3-5-12)13(15)16/h2-9,14H,1H3,(H,15,16). The minimum atomic E-state index is -3.67. The van der Waals surface area contributed by atoms with Gasteiger partial charge in [0.25, 0.3) is 0 Å². The Morgan fingerprint density at radius 2 is 1.90 bits per heavy atom. The zero-order valence-corrected chi connectivity index (χ0v) is 12.2. The highest BCUT2D eigenvalue weighted by Crippen LogP contribution is 2.19. The zero-order valence-electron chi connectivity index (χ0n) is 10.6. The van der Waals surface area contributed by atoms with E-state index in [-0.39, 0.29) is 16.5 Å². The summed E-state index contributed by atoms with van der Waals surface area (Å²) in [5, 5.41) is 12.5. The maximum Gasteiger partial charge on any atom is 0.335 e. The normalized spacial score (nSPS) is 13.1. The largest absolute Gasteiger partial charge is 0.478 e. The van der Waals surface area contributed by atoms with Gasteiger partial charge in [0.1, 0.15) is 0 Å². The van der Waals surface area contributed by atoms with E-state index in [1.807, 2.05) is 16.8 Å². The van der Waals surface area contributed by atoms with E-state index in [0.29, 0.717) is 0 Å². The molecule has 1 heterocycles. The van der Waals surface area contributed by atoms with Crippen LogP contribution in [0.3, 0.4) is 0 Å². The molecule has 0 spiro atoms. The molecule has 1 unspecified atom stereocenters. The predicted octanol–water partition coefficient (Wildman–Crippen LogP) is 2.49. The van der Waals surface area contributed by atoms with E-state index in [9.17, 15) is 13.2 Å². The van der Waals surface area contributed by atoms with Gasteiger partial charge in [-0.2, -0.15) is 11.3 Å². The molecule has 2 rings (SSSR count). The third-order valence-electron chi connectivity index (χ3n) is 2.79. The van der Waals surface area contributed by atoms with Crippen LogP contribution in [0.2, 0.25) is 0 Å². The van der Waals surface area contributed by atoms with Gasteiger partial charge in [-0.25, -0.2) is 17.9 Å². The van der Waals surface area contributed by atoms with Crippen molar-refractivity contribution in [1.29, 1.82) is 0 Å². The van der Waals surface area contributed by atoms with Gasteiger partial charge in [0.2, 0.25) is 10.0 Å². The van der Waals surface area contributed by atoms with E-state index < -0.39 is 16.0 Å². The summed E-state index contributed by atoms with van der Waals surface area (Å²) < 4.78 is 26.9. The van der Waals surface area contributed by atoms with Crippen molar-refractivity contribution in [2.75, 3.05) is 0 Å². The van der Waals surface area contributed by atoms with E-state index in [4.69, 9.17) is 5.11 Å². The van der Waals surface area contributed by atoms with Crippen LogP contribution in [0.15, 0.2) is 46.0 Å². The number of hydrogen-bond acceptors (Lipinski definition) is 4. The van der Waals surface area contributed by atoms with Crippen LogP contribution in [0.4, 0.5) is 0 Å². The van der Waals surface area contributed by atoms with Crippen LogP contribution in [0, 0.1) is 0 Å². The Kier molecular flexibility index (Phi) is 4.22. The average Bonchev–Trinajstić information content (AvgIpc) is 2.92. The zero-order chi connectivity index (χ0) is 14.8. The minimum absolute atomic E-state index is 0.0459. The van der Waals surface area contributed by atoms with Gasteiger partial charge in [-0.3, -0.25) is 0 Å². The highest BCUT2D eigenvalue weighted by Gasteiger charge is 2.18. The summed E-state index contributed by atoms with van der Waals surface area (Å²) in [5.74, 6) is -1.09. The third-order valence-corrected chi connectivity index (χ3v) is 5.04. The number of carbonyl (C=O) groups is 1. The van der Waals surface area contributed by atoms with Crippen molar-refractivity contribution in [1.82, 2.24) is 4.72 Å². The lowest BCUT2D eigenvalue weighted by Gasteiger charge is -2.13. The number of sulfonamides is 1. The van der Waals surface area contributed by atoms with E-state index in [1.54, 1.807) is 6.92 Å². The number of benzene rings is 1. The second kappa shape index (κ2) is 5.74. The lowest BCUT2D eigenvalue weighted by atomic mass is 10.2. The van der Waals surface area contributed by atoms with Crippen LogP contribution in [-0.4, -0.2) is 19.5 Å². The molecule has 0 saturated carbocycles. The fourth-order valence-electron chi connectivity index (χ4n) is 1.67. The molecule has 5 nitrogen and oxygen atoms in total. The Morgan fingerprint density at radius 1 is 1.25 bits per heavy atom. The molecule has 0 amide bonds. The Labute approximate surface area is 120 Å². The SMILES string of the molecule is CC(NS(=O)(=O)c1ccc(C(=O)O)cc1)c1ccsc1. The van der Waals surface area contributed by atoms with Gasteiger partial charge in [-0.15, -0.1) is 0 Å². The van der Waals surface area contributed by atoms with Gasteiger partial charge in [0.05, 0.1) is 10.5 Å². The number of carboxylic acids is 1. The van der Waals surface area contributed by atoms with Crippen molar-refractivity contribution in [3.8, 4) is 0 Å². The molecule has 0 aliphatic carbocycles. The van der Waals surface area contributed by atoms with Gasteiger partial charge in [0, 0.05) is 6.04 Å². The topological polar surface area (TPSA) is 83.5 Å². The van der Waals surface area contributed by atoms with Crippen molar-refractivity contribution in [3.05, 3.63) is 52.2 Å². The first-order valence-electron chi connectivity index (χ1n) is 5.78. The summed E-state index contributed by atoms with van der Waals surface area (Å²) in [7, 11) is -3.67. The Morgan fingerprint density at radius 3 is 2.40 bits per heavy atom. The van der Waals surface area contributed by atoms with E-state index in [0.717, 1.165) is 5.56 Å². The van der Waals surface area contributed by atoms with E-state index >= 15 is 0 Å². The van der Waals surface area contributed by atoms with Crippen molar-refractivity contribution < 1.29 is 18.3 Å². The molecule has 0 bridgehead atoms. The maximum atomic E-state index is 12.2. The molecule has 20 heavy (non-hydrogen) atoms.